The number of para-hydroxylation sites is 1. The van der Waals surface area contributed by atoms with Crippen LogP contribution in [0.2, 0.25) is 0 Å². The lowest BCUT2D eigenvalue weighted by Crippen LogP contribution is -2.43. The molecule has 3 aromatic carbocycles. The monoisotopic (exact) mass is 542 g/mol. The van der Waals surface area contributed by atoms with Crippen LogP contribution in [-0.4, -0.2) is 39.1 Å². The SMILES string of the molecule is CC1=C(C#N)C(=O)N(CCc2ccccc2)C(=O)/C1=C/c1cn(-c2ccccc2)nc1-c1ccc(OC(C)C)cc1. The van der Waals surface area contributed by atoms with Gasteiger partial charge in [0, 0.05) is 29.4 Å². The summed E-state index contributed by atoms with van der Waals surface area (Å²) in [5, 5.41) is 14.7. The van der Waals surface area contributed by atoms with Gasteiger partial charge in [-0.3, -0.25) is 14.5 Å². The van der Waals surface area contributed by atoms with Crippen LogP contribution in [0.4, 0.5) is 0 Å². The maximum Gasteiger partial charge on any atom is 0.271 e. The third-order valence-electron chi connectivity index (χ3n) is 6.85. The van der Waals surface area contributed by atoms with Crippen molar-refractivity contribution >= 4 is 17.9 Å². The van der Waals surface area contributed by atoms with Gasteiger partial charge in [0.1, 0.15) is 17.4 Å². The Bertz CT molecular complexity index is 1680. The molecule has 0 unspecified atom stereocenters. The van der Waals surface area contributed by atoms with Crippen molar-refractivity contribution < 1.29 is 14.3 Å². The van der Waals surface area contributed by atoms with Gasteiger partial charge in [0.05, 0.1) is 17.5 Å². The number of imide groups is 1. The van der Waals surface area contributed by atoms with Gasteiger partial charge in [-0.1, -0.05) is 48.5 Å². The summed E-state index contributed by atoms with van der Waals surface area (Å²) in [7, 11) is 0. The van der Waals surface area contributed by atoms with Gasteiger partial charge in [-0.15, -0.1) is 0 Å². The van der Waals surface area contributed by atoms with E-state index in [0.717, 1.165) is 22.6 Å². The van der Waals surface area contributed by atoms with E-state index >= 15 is 0 Å². The quantitative estimate of drug-likeness (QED) is 0.197. The number of aromatic nitrogens is 2. The van der Waals surface area contributed by atoms with E-state index in [1.54, 1.807) is 17.7 Å². The van der Waals surface area contributed by atoms with E-state index in [1.165, 1.54) is 4.90 Å². The summed E-state index contributed by atoms with van der Waals surface area (Å²) in [6, 6.07) is 29.0. The Morgan fingerprint density at radius 1 is 0.927 bits per heavy atom. The number of rotatable bonds is 8. The Hall–Kier alpha value is -5.22. The lowest BCUT2D eigenvalue weighted by atomic mass is 9.93. The molecule has 41 heavy (non-hydrogen) atoms. The highest BCUT2D eigenvalue weighted by Gasteiger charge is 2.35. The molecule has 4 aromatic rings. The first-order valence-corrected chi connectivity index (χ1v) is 13.5. The second-order valence-electron chi connectivity index (χ2n) is 10.1. The van der Waals surface area contributed by atoms with Crippen molar-refractivity contribution in [2.75, 3.05) is 6.54 Å². The molecule has 2 amide bonds. The molecule has 1 aliphatic rings. The smallest absolute Gasteiger partial charge is 0.271 e. The summed E-state index contributed by atoms with van der Waals surface area (Å²) < 4.78 is 7.56. The van der Waals surface area contributed by atoms with Crippen LogP contribution in [0.25, 0.3) is 23.0 Å². The predicted octanol–water partition coefficient (Wildman–Crippen LogP) is 6.16. The van der Waals surface area contributed by atoms with Gasteiger partial charge in [0.15, 0.2) is 0 Å². The molecule has 0 radical (unpaired) electrons. The maximum absolute atomic E-state index is 13.8. The molecule has 0 saturated heterocycles. The first-order valence-electron chi connectivity index (χ1n) is 13.5. The van der Waals surface area contributed by atoms with Crippen LogP contribution in [-0.2, 0) is 16.0 Å². The molecule has 5 rings (SSSR count). The summed E-state index contributed by atoms with van der Waals surface area (Å²) in [4.78, 5) is 28.1. The van der Waals surface area contributed by atoms with Crippen molar-refractivity contribution in [1.29, 1.82) is 5.26 Å². The first-order chi connectivity index (χ1) is 19.9. The molecule has 0 saturated carbocycles. The number of ether oxygens (including phenoxy) is 1. The lowest BCUT2D eigenvalue weighted by molar-refractivity contribution is -0.140. The number of nitrogens with zero attached hydrogens (tertiary/aromatic N) is 4. The molecule has 1 aliphatic heterocycles. The number of amides is 2. The molecule has 0 bridgehead atoms. The minimum Gasteiger partial charge on any atom is -0.491 e. The lowest BCUT2D eigenvalue weighted by Gasteiger charge is -2.27. The van der Waals surface area contributed by atoms with Crippen LogP contribution < -0.4 is 4.74 Å². The summed E-state index contributed by atoms with van der Waals surface area (Å²) >= 11 is 0. The van der Waals surface area contributed by atoms with E-state index in [2.05, 4.69) is 0 Å². The van der Waals surface area contributed by atoms with Crippen molar-refractivity contribution in [2.45, 2.75) is 33.3 Å². The largest absolute Gasteiger partial charge is 0.491 e. The van der Waals surface area contributed by atoms with Crippen molar-refractivity contribution in [2.24, 2.45) is 0 Å². The third-order valence-corrected chi connectivity index (χ3v) is 6.85. The maximum atomic E-state index is 13.8. The van der Waals surface area contributed by atoms with E-state index in [4.69, 9.17) is 9.84 Å². The Morgan fingerprint density at radius 2 is 1.59 bits per heavy atom. The molecular weight excluding hydrogens is 512 g/mol. The Balaban J connectivity index is 1.58. The van der Waals surface area contributed by atoms with Gasteiger partial charge < -0.3 is 4.74 Å². The summed E-state index contributed by atoms with van der Waals surface area (Å²) in [6.45, 7) is 5.76. The molecule has 0 N–H and O–H groups in total. The minimum absolute atomic E-state index is 0.0314. The Morgan fingerprint density at radius 3 is 2.22 bits per heavy atom. The van der Waals surface area contributed by atoms with Crippen LogP contribution in [0.5, 0.6) is 5.75 Å². The zero-order valence-electron chi connectivity index (χ0n) is 23.2. The van der Waals surface area contributed by atoms with E-state index in [-0.39, 0.29) is 18.2 Å². The van der Waals surface area contributed by atoms with Crippen LogP contribution in [0.3, 0.4) is 0 Å². The fourth-order valence-corrected chi connectivity index (χ4v) is 4.77. The van der Waals surface area contributed by atoms with Crippen molar-refractivity contribution in [1.82, 2.24) is 14.7 Å². The van der Waals surface area contributed by atoms with Crippen LogP contribution in [0.15, 0.2) is 108 Å². The van der Waals surface area contributed by atoms with Gasteiger partial charge in [-0.25, -0.2) is 4.68 Å². The highest BCUT2D eigenvalue weighted by Crippen LogP contribution is 2.32. The second kappa shape index (κ2) is 11.9. The molecule has 0 fully saturated rings. The predicted molar refractivity (Wildman–Crippen MR) is 158 cm³/mol. The van der Waals surface area contributed by atoms with Gasteiger partial charge in [0.2, 0.25) is 0 Å². The average molecular weight is 543 g/mol. The van der Waals surface area contributed by atoms with Crippen LogP contribution >= 0.6 is 0 Å². The van der Waals surface area contributed by atoms with E-state index in [0.29, 0.717) is 28.8 Å². The van der Waals surface area contributed by atoms with E-state index in [9.17, 15) is 14.9 Å². The topological polar surface area (TPSA) is 88.2 Å². The van der Waals surface area contributed by atoms with Gasteiger partial charge in [-0.2, -0.15) is 10.4 Å². The highest BCUT2D eigenvalue weighted by molar-refractivity contribution is 6.19. The molecule has 204 valence electrons. The van der Waals surface area contributed by atoms with Gasteiger partial charge in [0.25, 0.3) is 11.8 Å². The summed E-state index contributed by atoms with van der Waals surface area (Å²) in [5.74, 6) is -0.246. The number of benzene rings is 3. The van der Waals surface area contributed by atoms with Crippen LogP contribution in [0.1, 0.15) is 31.9 Å². The van der Waals surface area contributed by atoms with Crippen molar-refractivity contribution in [3.63, 3.8) is 0 Å². The average Bonchev–Trinajstić information content (AvgIpc) is 3.40. The van der Waals surface area contributed by atoms with Crippen molar-refractivity contribution in [3.8, 4) is 28.8 Å². The molecule has 7 nitrogen and oxygen atoms in total. The molecule has 0 spiro atoms. The minimum atomic E-state index is -0.566. The third kappa shape index (κ3) is 5.87. The van der Waals surface area contributed by atoms with Gasteiger partial charge in [-0.05, 0) is 80.8 Å². The molecular formula is C34H30N4O3. The van der Waals surface area contributed by atoms with E-state index in [1.807, 2.05) is 111 Å². The fraction of sp³-hybridized carbons (Fsp3) is 0.176. The zero-order valence-corrected chi connectivity index (χ0v) is 23.2. The zero-order chi connectivity index (χ0) is 28.9. The Labute approximate surface area is 239 Å². The summed E-state index contributed by atoms with van der Waals surface area (Å²) in [6.07, 6.45) is 4.13. The normalized spacial score (nSPS) is 14.6. The number of carbonyl (C=O) groups excluding carboxylic acids is 2. The summed E-state index contributed by atoms with van der Waals surface area (Å²) in [5.41, 5.74) is 4.66. The molecule has 2 heterocycles. The van der Waals surface area contributed by atoms with Gasteiger partial charge >= 0.3 is 0 Å². The number of carbonyl (C=O) groups is 2. The number of hydrogen-bond donors (Lipinski definition) is 0. The molecule has 0 atom stereocenters. The highest BCUT2D eigenvalue weighted by atomic mass is 16.5. The number of nitriles is 1. The molecule has 0 aliphatic carbocycles. The fourth-order valence-electron chi connectivity index (χ4n) is 4.77. The first kappa shape index (κ1) is 27.4. The Kier molecular flexibility index (Phi) is 7.93. The van der Waals surface area contributed by atoms with E-state index < -0.39 is 11.8 Å². The molecule has 1 aromatic heterocycles. The standard InChI is InChI=1S/C34H30N4O3/c1-23(2)41-29-16-14-26(15-17-29)32-27(22-38(36-32)28-12-8-5-9-13-28)20-30-24(3)31(21-35)34(40)37(33(30)39)19-18-25-10-6-4-7-11-25/h4-17,20,22-23H,18-19H2,1-3H3/b30-20+. The second-order valence-corrected chi connectivity index (χ2v) is 10.1. The number of hydrogen-bond acceptors (Lipinski definition) is 5. The van der Waals surface area contributed by atoms with Crippen molar-refractivity contribution in [3.05, 3.63) is 119 Å². The van der Waals surface area contributed by atoms with Crippen LogP contribution in [0, 0.1) is 11.3 Å². The molecule has 7 heteroatoms.